The summed E-state index contributed by atoms with van der Waals surface area (Å²) in [4.78, 5) is 5.72. The highest BCUT2D eigenvalue weighted by atomic mass is 79.9. The van der Waals surface area contributed by atoms with E-state index in [0.717, 1.165) is 41.5 Å². The average Bonchev–Trinajstić information content (AvgIpc) is 2.95. The number of hydrogen-bond donors (Lipinski definition) is 1. The van der Waals surface area contributed by atoms with Crippen molar-refractivity contribution in [1.82, 2.24) is 15.5 Å². The molecule has 0 amide bonds. The molecule has 3 rings (SSSR count). The summed E-state index contributed by atoms with van der Waals surface area (Å²) < 4.78 is 6.47. The maximum atomic E-state index is 5.37. The summed E-state index contributed by atoms with van der Waals surface area (Å²) in [6.07, 6.45) is 3.31. The maximum absolute atomic E-state index is 5.37. The van der Waals surface area contributed by atoms with Crippen LogP contribution >= 0.6 is 27.7 Å². The molecule has 0 atom stereocenters. The molecule has 0 aliphatic carbocycles. The summed E-state index contributed by atoms with van der Waals surface area (Å²) in [5, 5.41) is 7.46. The number of aromatic nitrogens is 2. The third kappa shape index (κ3) is 4.56. The van der Waals surface area contributed by atoms with E-state index in [9.17, 15) is 0 Å². The summed E-state index contributed by atoms with van der Waals surface area (Å²) in [7, 11) is 0. The van der Waals surface area contributed by atoms with E-state index in [1.165, 1.54) is 17.7 Å². The number of hydrogen-bond acceptors (Lipinski definition) is 5. The molecule has 0 bridgehead atoms. The van der Waals surface area contributed by atoms with E-state index in [4.69, 9.17) is 4.52 Å². The predicted molar refractivity (Wildman–Crippen MR) is 87.3 cm³/mol. The molecule has 1 aliphatic heterocycles. The smallest absolute Gasteiger partial charge is 0.226 e. The van der Waals surface area contributed by atoms with E-state index in [2.05, 4.69) is 43.5 Å². The number of rotatable bonds is 5. The van der Waals surface area contributed by atoms with Crippen LogP contribution in [0.1, 0.15) is 24.6 Å². The molecule has 6 heteroatoms. The first kappa shape index (κ1) is 15.1. The van der Waals surface area contributed by atoms with Gasteiger partial charge < -0.3 is 9.84 Å². The van der Waals surface area contributed by atoms with Crippen LogP contribution in [0.4, 0.5) is 0 Å². The molecule has 4 nitrogen and oxygen atoms in total. The van der Waals surface area contributed by atoms with E-state index < -0.39 is 0 Å². The van der Waals surface area contributed by atoms with Gasteiger partial charge in [-0.2, -0.15) is 4.98 Å². The minimum Gasteiger partial charge on any atom is -0.339 e. The second-order valence-corrected chi connectivity index (χ2v) is 7.21. The highest BCUT2D eigenvalue weighted by molar-refractivity contribution is 9.10. The first-order valence-corrected chi connectivity index (χ1v) is 8.98. The number of piperidine rings is 1. The molecule has 0 saturated carbocycles. The van der Waals surface area contributed by atoms with Gasteiger partial charge in [-0.1, -0.05) is 21.1 Å². The Balaban J connectivity index is 1.51. The van der Waals surface area contributed by atoms with E-state index in [0.29, 0.717) is 5.92 Å². The van der Waals surface area contributed by atoms with Crippen LogP contribution < -0.4 is 5.32 Å². The summed E-state index contributed by atoms with van der Waals surface area (Å²) in [5.41, 5.74) is 0. The van der Waals surface area contributed by atoms with E-state index in [1.54, 1.807) is 11.8 Å². The summed E-state index contributed by atoms with van der Waals surface area (Å²) in [6, 6.07) is 8.26. The summed E-state index contributed by atoms with van der Waals surface area (Å²) in [6.45, 7) is 2.20. The fourth-order valence-corrected chi connectivity index (χ4v) is 3.45. The standard InChI is InChI=1S/C15H18BrN3OS/c16-12-1-3-13(4-2-12)21-10-14-18-15(20-19-14)9-11-5-7-17-8-6-11/h1-4,11,17H,5-10H2. The zero-order valence-corrected chi connectivity index (χ0v) is 14.1. The molecule has 0 unspecified atom stereocenters. The molecule has 1 N–H and O–H groups in total. The minimum atomic E-state index is 0.679. The Morgan fingerprint density at radius 1 is 1.24 bits per heavy atom. The lowest BCUT2D eigenvalue weighted by Crippen LogP contribution is -2.28. The van der Waals surface area contributed by atoms with E-state index in [-0.39, 0.29) is 0 Å². The van der Waals surface area contributed by atoms with Gasteiger partial charge in [0.25, 0.3) is 0 Å². The zero-order valence-electron chi connectivity index (χ0n) is 11.7. The van der Waals surface area contributed by atoms with Gasteiger partial charge in [0.05, 0.1) is 5.75 Å². The van der Waals surface area contributed by atoms with Crippen LogP contribution in [0, 0.1) is 5.92 Å². The van der Waals surface area contributed by atoms with Gasteiger partial charge in [-0.15, -0.1) is 11.8 Å². The molecule has 1 fully saturated rings. The predicted octanol–water partition coefficient (Wildman–Crippen LogP) is 3.67. The van der Waals surface area contributed by atoms with Gasteiger partial charge in [-0.3, -0.25) is 0 Å². The average molecular weight is 368 g/mol. The van der Waals surface area contributed by atoms with Crippen LogP contribution in [0.25, 0.3) is 0 Å². The van der Waals surface area contributed by atoms with E-state index in [1.807, 2.05) is 12.1 Å². The van der Waals surface area contributed by atoms with Crippen LogP contribution in [0.15, 0.2) is 38.2 Å². The Kier molecular flexibility index (Phi) is 5.32. The van der Waals surface area contributed by atoms with Crippen LogP contribution in [0.5, 0.6) is 0 Å². The van der Waals surface area contributed by atoms with Crippen molar-refractivity contribution < 1.29 is 4.52 Å². The second-order valence-electron chi connectivity index (χ2n) is 5.24. The molecular formula is C15H18BrN3OS. The first-order valence-electron chi connectivity index (χ1n) is 7.20. The monoisotopic (exact) mass is 367 g/mol. The third-order valence-electron chi connectivity index (χ3n) is 3.61. The number of benzene rings is 1. The van der Waals surface area contributed by atoms with Crippen LogP contribution in [-0.4, -0.2) is 23.2 Å². The van der Waals surface area contributed by atoms with Crippen molar-refractivity contribution in [2.24, 2.45) is 5.92 Å². The molecule has 112 valence electrons. The Morgan fingerprint density at radius 3 is 2.76 bits per heavy atom. The fraction of sp³-hybridized carbons (Fsp3) is 0.467. The number of thioether (sulfide) groups is 1. The molecule has 0 radical (unpaired) electrons. The fourth-order valence-electron chi connectivity index (χ4n) is 2.44. The van der Waals surface area contributed by atoms with Crippen molar-refractivity contribution in [2.75, 3.05) is 13.1 Å². The molecule has 1 aliphatic rings. The summed E-state index contributed by atoms with van der Waals surface area (Å²) >= 11 is 5.16. The topological polar surface area (TPSA) is 51.0 Å². The Hall–Kier alpha value is -0.850. The van der Waals surface area contributed by atoms with Gasteiger partial charge in [0.15, 0.2) is 5.82 Å². The van der Waals surface area contributed by atoms with Gasteiger partial charge in [0, 0.05) is 15.8 Å². The maximum Gasteiger partial charge on any atom is 0.226 e. The molecular weight excluding hydrogens is 350 g/mol. The van der Waals surface area contributed by atoms with Crippen molar-refractivity contribution >= 4 is 27.7 Å². The van der Waals surface area contributed by atoms with Crippen molar-refractivity contribution in [3.63, 3.8) is 0 Å². The zero-order chi connectivity index (χ0) is 14.5. The number of nitrogens with one attached hydrogen (secondary N) is 1. The SMILES string of the molecule is Brc1ccc(SCc2noc(CC3CCNCC3)n2)cc1. The first-order chi connectivity index (χ1) is 10.3. The van der Waals surface area contributed by atoms with Crippen molar-refractivity contribution in [3.8, 4) is 0 Å². The van der Waals surface area contributed by atoms with Crippen LogP contribution in [-0.2, 0) is 12.2 Å². The van der Waals surface area contributed by atoms with Crippen molar-refractivity contribution in [2.45, 2.75) is 29.9 Å². The molecule has 0 spiro atoms. The lowest BCUT2D eigenvalue weighted by molar-refractivity contribution is 0.312. The van der Waals surface area contributed by atoms with E-state index >= 15 is 0 Å². The second kappa shape index (κ2) is 7.42. The molecule has 2 heterocycles. The van der Waals surface area contributed by atoms with Crippen molar-refractivity contribution in [1.29, 1.82) is 0 Å². The summed E-state index contributed by atoms with van der Waals surface area (Å²) in [5.74, 6) is 3.00. The minimum absolute atomic E-state index is 0.679. The Morgan fingerprint density at radius 2 is 2.00 bits per heavy atom. The molecule has 1 saturated heterocycles. The molecule has 1 aromatic heterocycles. The molecule has 2 aromatic rings. The normalized spacial score (nSPS) is 16.2. The van der Waals surface area contributed by atoms with Gasteiger partial charge in [-0.25, -0.2) is 0 Å². The highest BCUT2D eigenvalue weighted by Gasteiger charge is 2.17. The highest BCUT2D eigenvalue weighted by Crippen LogP contribution is 2.24. The Labute approximate surface area is 137 Å². The lowest BCUT2D eigenvalue weighted by atomic mass is 9.95. The van der Waals surface area contributed by atoms with Gasteiger partial charge in [-0.05, 0) is 56.1 Å². The largest absolute Gasteiger partial charge is 0.339 e. The lowest BCUT2D eigenvalue weighted by Gasteiger charge is -2.20. The number of nitrogens with zero attached hydrogens (tertiary/aromatic N) is 2. The van der Waals surface area contributed by atoms with Gasteiger partial charge in [0.2, 0.25) is 5.89 Å². The van der Waals surface area contributed by atoms with Crippen LogP contribution in [0.3, 0.4) is 0 Å². The van der Waals surface area contributed by atoms with Crippen LogP contribution in [0.2, 0.25) is 0 Å². The molecule has 21 heavy (non-hydrogen) atoms. The molecule has 1 aromatic carbocycles. The third-order valence-corrected chi connectivity index (χ3v) is 5.15. The van der Waals surface area contributed by atoms with Gasteiger partial charge >= 0.3 is 0 Å². The Bertz CT molecular complexity index is 567. The van der Waals surface area contributed by atoms with Crippen molar-refractivity contribution in [3.05, 3.63) is 40.5 Å². The quantitative estimate of drug-likeness (QED) is 0.817. The van der Waals surface area contributed by atoms with Gasteiger partial charge in [0.1, 0.15) is 0 Å². The number of halogens is 1.